The van der Waals surface area contributed by atoms with Gasteiger partial charge in [0, 0.05) is 11.8 Å². The average Bonchev–Trinajstić information content (AvgIpc) is 2.29. The number of benzene rings is 1. The maximum absolute atomic E-state index is 11.3. The van der Waals surface area contributed by atoms with E-state index >= 15 is 0 Å². The first-order valence-corrected chi connectivity index (χ1v) is 5.89. The number of carbonyl (C=O) groups is 1. The maximum atomic E-state index is 11.3. The Morgan fingerprint density at radius 2 is 2.29 bits per heavy atom. The summed E-state index contributed by atoms with van der Waals surface area (Å²) in [5.41, 5.74) is -0.0194. The number of halogens is 1. The van der Waals surface area contributed by atoms with Crippen LogP contribution in [0.1, 0.15) is 6.42 Å². The largest absolute Gasteiger partial charge is 0.496 e. The van der Waals surface area contributed by atoms with E-state index < -0.39 is 4.92 Å². The zero-order valence-electron chi connectivity index (χ0n) is 9.10. The average molecular weight is 303 g/mol. The Hall–Kier alpha value is -1.63. The summed E-state index contributed by atoms with van der Waals surface area (Å²) < 4.78 is 4.89. The molecule has 6 nitrogen and oxygen atoms in total. The molecule has 0 fully saturated rings. The fourth-order valence-electron chi connectivity index (χ4n) is 1.19. The number of nitrogens with one attached hydrogen (secondary N) is 1. The third kappa shape index (κ3) is 3.70. The number of nitro benzene ring substituents is 1. The van der Waals surface area contributed by atoms with E-state index in [1.54, 1.807) is 6.07 Å². The quantitative estimate of drug-likeness (QED) is 0.514. The molecule has 0 saturated heterocycles. The van der Waals surface area contributed by atoms with Crippen LogP contribution < -0.4 is 10.1 Å². The first kappa shape index (κ1) is 13.4. The maximum Gasteiger partial charge on any atom is 0.296 e. The number of nitro groups is 1. The lowest BCUT2D eigenvalue weighted by molar-refractivity contribution is -0.384. The molecule has 1 aromatic rings. The van der Waals surface area contributed by atoms with Crippen molar-refractivity contribution >= 4 is 33.2 Å². The smallest absolute Gasteiger partial charge is 0.296 e. The highest BCUT2D eigenvalue weighted by Crippen LogP contribution is 2.28. The van der Waals surface area contributed by atoms with Crippen molar-refractivity contribution in [2.45, 2.75) is 6.42 Å². The molecule has 0 spiro atoms. The molecule has 0 heterocycles. The van der Waals surface area contributed by atoms with Crippen LogP contribution in [0.3, 0.4) is 0 Å². The van der Waals surface area contributed by atoms with Gasteiger partial charge in [0.25, 0.3) is 5.69 Å². The Kier molecular flexibility index (Phi) is 4.89. The van der Waals surface area contributed by atoms with E-state index in [2.05, 4.69) is 21.2 Å². The van der Waals surface area contributed by atoms with Gasteiger partial charge in [0.2, 0.25) is 5.91 Å². The monoisotopic (exact) mass is 302 g/mol. The predicted molar refractivity (Wildman–Crippen MR) is 66.7 cm³/mol. The second-order valence-electron chi connectivity index (χ2n) is 3.13. The molecule has 92 valence electrons. The Morgan fingerprint density at radius 1 is 1.59 bits per heavy atom. The summed E-state index contributed by atoms with van der Waals surface area (Å²) in [6.07, 6.45) is 0.253. The molecule has 0 saturated carbocycles. The SMILES string of the molecule is COc1ccc(NC(=O)CCBr)c([N+](=O)[O-])c1. The highest BCUT2D eigenvalue weighted by Gasteiger charge is 2.16. The van der Waals surface area contributed by atoms with Gasteiger partial charge in [0.15, 0.2) is 0 Å². The number of alkyl halides is 1. The molecule has 17 heavy (non-hydrogen) atoms. The van der Waals surface area contributed by atoms with E-state index in [9.17, 15) is 14.9 Å². The second kappa shape index (κ2) is 6.19. The molecule has 0 unspecified atom stereocenters. The number of anilines is 1. The van der Waals surface area contributed by atoms with Gasteiger partial charge in [0.05, 0.1) is 18.1 Å². The third-order valence-electron chi connectivity index (χ3n) is 2.00. The van der Waals surface area contributed by atoms with Crippen LogP contribution in [0.25, 0.3) is 0 Å². The molecule has 0 radical (unpaired) electrons. The van der Waals surface area contributed by atoms with Crippen molar-refractivity contribution < 1.29 is 14.5 Å². The molecular weight excluding hydrogens is 292 g/mol. The number of hydrogen-bond donors (Lipinski definition) is 1. The molecule has 0 atom stereocenters. The van der Waals surface area contributed by atoms with Crippen LogP contribution in [-0.2, 0) is 4.79 Å². The Bertz CT molecular complexity index is 436. The molecule has 1 N–H and O–H groups in total. The summed E-state index contributed by atoms with van der Waals surface area (Å²) in [4.78, 5) is 21.6. The third-order valence-corrected chi connectivity index (χ3v) is 2.39. The van der Waals surface area contributed by atoms with Crippen molar-refractivity contribution in [3.63, 3.8) is 0 Å². The molecule has 0 bridgehead atoms. The Balaban J connectivity index is 2.98. The highest BCUT2D eigenvalue weighted by atomic mass is 79.9. The summed E-state index contributed by atoms with van der Waals surface area (Å²) in [5.74, 6) is 0.0883. The molecule has 7 heteroatoms. The van der Waals surface area contributed by atoms with Gasteiger partial charge in [-0.3, -0.25) is 14.9 Å². The van der Waals surface area contributed by atoms with E-state index in [1.165, 1.54) is 19.2 Å². The van der Waals surface area contributed by atoms with E-state index in [0.29, 0.717) is 11.1 Å². The highest BCUT2D eigenvalue weighted by molar-refractivity contribution is 9.09. The minimum Gasteiger partial charge on any atom is -0.496 e. The van der Waals surface area contributed by atoms with Crippen LogP contribution in [0.2, 0.25) is 0 Å². The van der Waals surface area contributed by atoms with E-state index in [4.69, 9.17) is 4.74 Å². The first-order valence-electron chi connectivity index (χ1n) is 4.76. The van der Waals surface area contributed by atoms with Crippen molar-refractivity contribution in [2.75, 3.05) is 17.8 Å². The fourth-order valence-corrected chi connectivity index (χ4v) is 1.55. The fraction of sp³-hybridized carbons (Fsp3) is 0.300. The molecule has 0 aromatic heterocycles. The number of methoxy groups -OCH3 is 1. The molecule has 0 aliphatic carbocycles. The van der Waals surface area contributed by atoms with Crippen molar-refractivity contribution in [1.82, 2.24) is 0 Å². The standard InChI is InChI=1S/C10H11BrN2O4/c1-17-7-2-3-8(9(6-7)13(15)16)12-10(14)4-5-11/h2-3,6H,4-5H2,1H3,(H,12,14). The lowest BCUT2D eigenvalue weighted by Crippen LogP contribution is -2.12. The van der Waals surface area contributed by atoms with E-state index in [-0.39, 0.29) is 23.7 Å². The van der Waals surface area contributed by atoms with Crippen LogP contribution in [0.5, 0.6) is 5.75 Å². The summed E-state index contributed by atoms with van der Waals surface area (Å²) >= 11 is 3.12. The minimum absolute atomic E-state index is 0.168. The van der Waals surface area contributed by atoms with Crippen molar-refractivity contribution in [2.24, 2.45) is 0 Å². The van der Waals surface area contributed by atoms with Crippen LogP contribution in [-0.4, -0.2) is 23.3 Å². The summed E-state index contributed by atoms with van der Waals surface area (Å²) in [7, 11) is 1.42. The van der Waals surface area contributed by atoms with Crippen LogP contribution in [0.15, 0.2) is 18.2 Å². The van der Waals surface area contributed by atoms with Gasteiger partial charge in [-0.05, 0) is 12.1 Å². The number of nitrogens with zero attached hydrogens (tertiary/aromatic N) is 1. The zero-order chi connectivity index (χ0) is 12.8. The molecule has 0 aliphatic heterocycles. The van der Waals surface area contributed by atoms with Gasteiger partial charge in [-0.15, -0.1) is 0 Å². The normalized spacial score (nSPS) is 9.76. The van der Waals surface area contributed by atoms with Gasteiger partial charge < -0.3 is 10.1 Å². The van der Waals surface area contributed by atoms with E-state index in [1.807, 2.05) is 0 Å². The van der Waals surface area contributed by atoms with Crippen molar-refractivity contribution in [3.8, 4) is 5.75 Å². The number of hydrogen-bond acceptors (Lipinski definition) is 4. The lowest BCUT2D eigenvalue weighted by atomic mass is 10.2. The molecular formula is C10H11BrN2O4. The predicted octanol–water partition coefficient (Wildman–Crippen LogP) is 2.33. The van der Waals surface area contributed by atoms with Crippen molar-refractivity contribution in [3.05, 3.63) is 28.3 Å². The first-order chi connectivity index (χ1) is 8.08. The zero-order valence-corrected chi connectivity index (χ0v) is 10.7. The summed E-state index contributed by atoms with van der Waals surface area (Å²) in [6, 6.07) is 4.27. The lowest BCUT2D eigenvalue weighted by Gasteiger charge is -2.06. The van der Waals surface area contributed by atoms with Crippen LogP contribution >= 0.6 is 15.9 Å². The Morgan fingerprint density at radius 3 is 2.82 bits per heavy atom. The Labute approximate surface area is 106 Å². The van der Waals surface area contributed by atoms with E-state index in [0.717, 1.165) is 0 Å². The number of ether oxygens (including phenoxy) is 1. The van der Waals surface area contributed by atoms with Crippen molar-refractivity contribution in [1.29, 1.82) is 0 Å². The summed E-state index contributed by atoms with van der Waals surface area (Å²) in [5, 5.41) is 13.8. The van der Waals surface area contributed by atoms with Gasteiger partial charge >= 0.3 is 0 Å². The topological polar surface area (TPSA) is 81.5 Å². The minimum atomic E-state index is -0.563. The van der Waals surface area contributed by atoms with Gasteiger partial charge in [-0.1, -0.05) is 15.9 Å². The second-order valence-corrected chi connectivity index (χ2v) is 3.92. The van der Waals surface area contributed by atoms with Crippen LogP contribution in [0, 0.1) is 10.1 Å². The number of rotatable bonds is 5. The van der Waals surface area contributed by atoms with Gasteiger partial charge in [-0.25, -0.2) is 0 Å². The molecule has 1 aromatic carbocycles. The number of carbonyl (C=O) groups excluding carboxylic acids is 1. The summed E-state index contributed by atoms with van der Waals surface area (Å²) in [6.45, 7) is 0. The molecule has 1 rings (SSSR count). The van der Waals surface area contributed by atoms with Crippen LogP contribution in [0.4, 0.5) is 11.4 Å². The number of amides is 1. The van der Waals surface area contributed by atoms with Gasteiger partial charge in [0.1, 0.15) is 11.4 Å². The molecule has 1 amide bonds. The molecule has 0 aliphatic rings. The van der Waals surface area contributed by atoms with Gasteiger partial charge in [-0.2, -0.15) is 0 Å².